The Balaban J connectivity index is 1.03. The number of fused-ring (bicyclic) bond motifs is 1. The van der Waals surface area contributed by atoms with Crippen LogP contribution in [-0.4, -0.2) is 45.6 Å². The van der Waals surface area contributed by atoms with E-state index in [1.807, 2.05) is 24.3 Å². The van der Waals surface area contributed by atoms with Crippen LogP contribution in [0.5, 0.6) is 5.75 Å². The molecule has 1 aliphatic heterocycles. The first-order valence-corrected chi connectivity index (χ1v) is 11.4. The number of carbonyl (C=O) groups is 1. The number of carbonyl (C=O) groups excluding carboxylic acids is 1. The van der Waals surface area contributed by atoms with Crippen LogP contribution in [0.4, 0.5) is 13.2 Å². The second kappa shape index (κ2) is 7.09. The molecule has 0 unspecified atom stereocenters. The topological polar surface area (TPSA) is 86.5 Å². The molecule has 5 aliphatic rings. The van der Waals surface area contributed by atoms with Crippen molar-refractivity contribution in [2.24, 2.45) is 0 Å². The van der Waals surface area contributed by atoms with E-state index in [9.17, 15) is 18.0 Å². The summed E-state index contributed by atoms with van der Waals surface area (Å²) in [7, 11) is 0. The zero-order valence-corrected chi connectivity index (χ0v) is 18.2. The van der Waals surface area contributed by atoms with Gasteiger partial charge in [-0.3, -0.25) is 9.53 Å². The highest BCUT2D eigenvalue weighted by atomic mass is 35.5. The highest BCUT2D eigenvalue weighted by Gasteiger charge is 2.72. The molecule has 4 saturated carbocycles. The fraction of sp³-hybridized carbons (Fsp3) is 0.591. The SMILES string of the molecule is O=C(NC12CC(c3nnc(C4CC(OC(F)(F)F)C4)o3)(C1)C2)[C@@H]1Oc2ccccc2C[C@@H]1Cl. The number of para-hydroxylation sites is 1. The molecule has 7 nitrogen and oxygen atoms in total. The van der Waals surface area contributed by atoms with Crippen molar-refractivity contribution in [3.05, 3.63) is 41.6 Å². The minimum absolute atomic E-state index is 0.207. The molecule has 1 amide bonds. The number of hydrogen-bond acceptors (Lipinski definition) is 6. The third-order valence-electron chi connectivity index (χ3n) is 7.29. The molecule has 176 valence electrons. The van der Waals surface area contributed by atoms with E-state index in [0.717, 1.165) is 5.56 Å². The summed E-state index contributed by atoms with van der Waals surface area (Å²) in [6.07, 6.45) is -3.25. The molecule has 2 heterocycles. The van der Waals surface area contributed by atoms with Crippen LogP contribution in [0.15, 0.2) is 28.7 Å². The van der Waals surface area contributed by atoms with Gasteiger partial charge < -0.3 is 14.5 Å². The average molecular weight is 484 g/mol. The monoisotopic (exact) mass is 483 g/mol. The number of nitrogens with one attached hydrogen (secondary N) is 1. The van der Waals surface area contributed by atoms with Gasteiger partial charge in [0.2, 0.25) is 11.8 Å². The van der Waals surface area contributed by atoms with E-state index < -0.39 is 23.9 Å². The van der Waals surface area contributed by atoms with Gasteiger partial charge in [0.05, 0.1) is 16.9 Å². The lowest BCUT2D eigenvalue weighted by Gasteiger charge is -2.68. The van der Waals surface area contributed by atoms with Crippen molar-refractivity contribution in [2.75, 3.05) is 0 Å². The van der Waals surface area contributed by atoms with Gasteiger partial charge in [0.25, 0.3) is 5.91 Å². The van der Waals surface area contributed by atoms with E-state index in [1.165, 1.54) is 0 Å². The third-order valence-corrected chi connectivity index (χ3v) is 7.67. The normalized spacial score (nSPS) is 36.5. The molecule has 2 bridgehead atoms. The summed E-state index contributed by atoms with van der Waals surface area (Å²) < 4.78 is 52.6. The lowest BCUT2D eigenvalue weighted by Crippen LogP contribution is -2.77. The first-order chi connectivity index (χ1) is 15.6. The molecular weight excluding hydrogens is 463 g/mol. The molecule has 7 rings (SSSR count). The molecular formula is C22H21ClF3N3O4. The minimum Gasteiger partial charge on any atom is -0.479 e. The predicted molar refractivity (Wildman–Crippen MR) is 108 cm³/mol. The van der Waals surface area contributed by atoms with Gasteiger partial charge in [-0.2, -0.15) is 0 Å². The Morgan fingerprint density at radius 2 is 1.91 bits per heavy atom. The van der Waals surface area contributed by atoms with Gasteiger partial charge in [-0.1, -0.05) is 18.2 Å². The summed E-state index contributed by atoms with van der Waals surface area (Å²) in [4.78, 5) is 12.9. The molecule has 11 heteroatoms. The summed E-state index contributed by atoms with van der Waals surface area (Å²) in [6, 6.07) is 7.55. The van der Waals surface area contributed by atoms with Gasteiger partial charge in [-0.25, -0.2) is 0 Å². The Hall–Kier alpha value is -2.33. The van der Waals surface area contributed by atoms with Crippen LogP contribution in [0.2, 0.25) is 0 Å². The summed E-state index contributed by atoms with van der Waals surface area (Å²) >= 11 is 6.44. The van der Waals surface area contributed by atoms with Crippen molar-refractivity contribution in [3.63, 3.8) is 0 Å². The molecule has 0 saturated heterocycles. The number of nitrogens with zero attached hydrogens (tertiary/aromatic N) is 2. The van der Waals surface area contributed by atoms with E-state index >= 15 is 0 Å². The number of benzene rings is 1. The van der Waals surface area contributed by atoms with Gasteiger partial charge in [0.15, 0.2) is 6.10 Å². The molecule has 1 aromatic carbocycles. The molecule has 2 aromatic rings. The smallest absolute Gasteiger partial charge is 0.479 e. The summed E-state index contributed by atoms with van der Waals surface area (Å²) in [5, 5.41) is 10.9. The molecule has 33 heavy (non-hydrogen) atoms. The van der Waals surface area contributed by atoms with E-state index in [-0.39, 0.29) is 35.6 Å². The third kappa shape index (κ3) is 3.58. The Kier molecular flexibility index (Phi) is 4.56. The summed E-state index contributed by atoms with van der Waals surface area (Å²) in [5.41, 5.74) is 0.385. The minimum atomic E-state index is -4.63. The van der Waals surface area contributed by atoms with Crippen molar-refractivity contribution in [2.45, 2.75) is 79.3 Å². The summed E-state index contributed by atoms with van der Waals surface area (Å²) in [6.45, 7) is 0. The zero-order valence-electron chi connectivity index (χ0n) is 17.4. The second-order valence-corrected chi connectivity index (χ2v) is 10.3. The van der Waals surface area contributed by atoms with Gasteiger partial charge in [-0.15, -0.1) is 35.0 Å². The van der Waals surface area contributed by atoms with Crippen LogP contribution in [0.3, 0.4) is 0 Å². The van der Waals surface area contributed by atoms with Crippen LogP contribution < -0.4 is 10.1 Å². The number of hydrogen-bond donors (Lipinski definition) is 1. The standard InChI is InChI=1S/C22H21ClF3N3O4/c23-14-7-11-3-1-2-4-15(11)31-16(14)17(30)27-21-8-20(9-21,10-21)19-29-28-18(32-19)12-5-13(6-12)33-22(24,25)26/h1-4,12-14,16H,5-10H2,(H,27,30)/t12?,13?,14-,16+,20?,21?/m0/s1. The van der Waals surface area contributed by atoms with Gasteiger partial charge in [0.1, 0.15) is 5.75 Å². The molecule has 4 aliphatic carbocycles. The van der Waals surface area contributed by atoms with Gasteiger partial charge >= 0.3 is 6.36 Å². The number of amides is 1. The predicted octanol–water partition coefficient (Wildman–Crippen LogP) is 3.75. The zero-order chi connectivity index (χ0) is 23.0. The lowest BCUT2D eigenvalue weighted by atomic mass is 9.39. The number of alkyl halides is 4. The van der Waals surface area contributed by atoms with Gasteiger partial charge in [0, 0.05) is 11.5 Å². The van der Waals surface area contributed by atoms with Crippen LogP contribution >= 0.6 is 11.6 Å². The maximum Gasteiger partial charge on any atom is 0.522 e. The number of ether oxygens (including phenoxy) is 2. The fourth-order valence-corrected chi connectivity index (χ4v) is 6.01. The van der Waals surface area contributed by atoms with E-state index in [0.29, 0.717) is 43.2 Å². The number of halogens is 4. The van der Waals surface area contributed by atoms with E-state index in [2.05, 4.69) is 20.3 Å². The van der Waals surface area contributed by atoms with Crippen LogP contribution in [-0.2, 0) is 21.4 Å². The summed E-state index contributed by atoms with van der Waals surface area (Å²) in [5.74, 6) is 1.09. The molecule has 1 N–H and O–H groups in total. The van der Waals surface area contributed by atoms with Crippen molar-refractivity contribution < 1.29 is 31.9 Å². The maximum absolute atomic E-state index is 12.9. The maximum atomic E-state index is 12.9. The lowest BCUT2D eigenvalue weighted by molar-refractivity contribution is -0.352. The van der Waals surface area contributed by atoms with Crippen molar-refractivity contribution in [1.29, 1.82) is 0 Å². The molecule has 0 spiro atoms. The Labute approximate surface area is 192 Å². The number of rotatable bonds is 5. The van der Waals surface area contributed by atoms with E-state index in [1.54, 1.807) is 0 Å². The van der Waals surface area contributed by atoms with Crippen LogP contribution in [0, 0.1) is 0 Å². The van der Waals surface area contributed by atoms with Gasteiger partial charge in [-0.05, 0) is 50.2 Å². The van der Waals surface area contributed by atoms with Crippen molar-refractivity contribution in [1.82, 2.24) is 15.5 Å². The first-order valence-electron chi connectivity index (χ1n) is 10.9. The highest BCUT2D eigenvalue weighted by molar-refractivity contribution is 6.23. The Morgan fingerprint density at radius 1 is 1.18 bits per heavy atom. The quantitative estimate of drug-likeness (QED) is 0.652. The molecule has 1 aromatic heterocycles. The molecule has 0 radical (unpaired) electrons. The van der Waals surface area contributed by atoms with Crippen LogP contribution in [0.1, 0.15) is 55.4 Å². The molecule has 2 atom stereocenters. The fourth-order valence-electron chi connectivity index (χ4n) is 5.68. The largest absolute Gasteiger partial charge is 0.522 e. The Morgan fingerprint density at radius 3 is 2.64 bits per heavy atom. The number of aromatic nitrogens is 2. The first kappa shape index (κ1) is 21.2. The van der Waals surface area contributed by atoms with E-state index in [4.69, 9.17) is 20.8 Å². The van der Waals surface area contributed by atoms with Crippen molar-refractivity contribution in [3.8, 4) is 5.75 Å². The second-order valence-electron chi connectivity index (χ2n) is 9.75. The average Bonchev–Trinajstić information content (AvgIpc) is 3.13. The van der Waals surface area contributed by atoms with Crippen molar-refractivity contribution >= 4 is 17.5 Å². The Bertz CT molecular complexity index is 1080. The molecule has 4 fully saturated rings. The highest BCUT2D eigenvalue weighted by Crippen LogP contribution is 2.67. The van der Waals surface area contributed by atoms with Crippen LogP contribution in [0.25, 0.3) is 0 Å².